The number of carbonyl (C=O) groups is 1. The van der Waals surface area contributed by atoms with Crippen LogP contribution in [0.15, 0.2) is 4.52 Å². The summed E-state index contributed by atoms with van der Waals surface area (Å²) in [5.41, 5.74) is 5.52. The van der Waals surface area contributed by atoms with Crippen LogP contribution in [0.5, 0.6) is 0 Å². The lowest BCUT2D eigenvalue weighted by atomic mass is 9.87. The fourth-order valence-electron chi connectivity index (χ4n) is 1.08. The Kier molecular flexibility index (Phi) is 3.64. The number of nitrogens with two attached hydrogens (primary N) is 1. The van der Waals surface area contributed by atoms with Crippen LogP contribution in [-0.2, 0) is 11.3 Å². The topological polar surface area (TPSA) is 94.0 Å². The number of carbonyl (C=O) groups excluding carboxylic acids is 1. The number of hydrogen-bond donors (Lipinski definition) is 2. The summed E-state index contributed by atoms with van der Waals surface area (Å²) in [5, 5.41) is 6.28. The first-order valence-corrected chi connectivity index (χ1v) is 5.13. The van der Waals surface area contributed by atoms with E-state index in [0.717, 1.165) is 0 Å². The standard InChI is InChI=1S/C10H18N4O2/c1-6-13-7(16-14-6)5-12-9(15)8(11)10(2,3)4/h8H,5,11H2,1-4H3,(H,12,15). The van der Waals surface area contributed by atoms with Crippen molar-refractivity contribution in [2.75, 3.05) is 0 Å². The SMILES string of the molecule is Cc1noc(CNC(=O)C(N)C(C)(C)C)n1. The van der Waals surface area contributed by atoms with E-state index in [1.165, 1.54) is 0 Å². The summed E-state index contributed by atoms with van der Waals surface area (Å²) in [4.78, 5) is 15.6. The minimum absolute atomic E-state index is 0.212. The third-order valence-corrected chi connectivity index (χ3v) is 2.20. The highest BCUT2D eigenvalue weighted by Gasteiger charge is 2.27. The van der Waals surface area contributed by atoms with Crippen molar-refractivity contribution >= 4 is 5.91 Å². The highest BCUT2D eigenvalue weighted by atomic mass is 16.5. The molecule has 0 fully saturated rings. The maximum Gasteiger partial charge on any atom is 0.246 e. The minimum atomic E-state index is -0.559. The largest absolute Gasteiger partial charge is 0.346 e. The van der Waals surface area contributed by atoms with Gasteiger partial charge in [-0.1, -0.05) is 25.9 Å². The Bertz CT molecular complexity index is 367. The van der Waals surface area contributed by atoms with E-state index >= 15 is 0 Å². The number of aromatic nitrogens is 2. The summed E-state index contributed by atoms with van der Waals surface area (Å²) in [6, 6.07) is -0.559. The van der Waals surface area contributed by atoms with Gasteiger partial charge in [0.05, 0.1) is 12.6 Å². The number of nitrogens with zero attached hydrogens (tertiary/aromatic N) is 2. The second-order valence-electron chi connectivity index (χ2n) is 4.80. The summed E-state index contributed by atoms with van der Waals surface area (Å²) in [5.74, 6) is 0.708. The first-order chi connectivity index (χ1) is 7.30. The van der Waals surface area contributed by atoms with E-state index in [1.807, 2.05) is 20.8 Å². The van der Waals surface area contributed by atoms with Gasteiger partial charge in [-0.05, 0) is 12.3 Å². The van der Waals surface area contributed by atoms with Gasteiger partial charge < -0.3 is 15.6 Å². The van der Waals surface area contributed by atoms with Crippen LogP contribution in [0, 0.1) is 12.3 Å². The maximum absolute atomic E-state index is 11.6. The lowest BCUT2D eigenvalue weighted by molar-refractivity contribution is -0.124. The monoisotopic (exact) mass is 226 g/mol. The van der Waals surface area contributed by atoms with Crippen LogP contribution < -0.4 is 11.1 Å². The van der Waals surface area contributed by atoms with E-state index in [4.69, 9.17) is 10.3 Å². The Balaban J connectivity index is 2.47. The molecule has 1 rings (SSSR count). The molecule has 0 saturated carbocycles. The van der Waals surface area contributed by atoms with Crippen LogP contribution in [0.1, 0.15) is 32.5 Å². The van der Waals surface area contributed by atoms with Crippen molar-refractivity contribution in [1.29, 1.82) is 0 Å². The molecule has 1 unspecified atom stereocenters. The summed E-state index contributed by atoms with van der Waals surface area (Å²) in [6.07, 6.45) is 0. The zero-order valence-corrected chi connectivity index (χ0v) is 10.1. The van der Waals surface area contributed by atoms with Crippen LogP contribution >= 0.6 is 0 Å². The molecule has 1 heterocycles. The summed E-state index contributed by atoms with van der Waals surface area (Å²) < 4.78 is 4.86. The van der Waals surface area contributed by atoms with Gasteiger partial charge in [0.1, 0.15) is 0 Å². The van der Waals surface area contributed by atoms with Gasteiger partial charge in [0, 0.05) is 0 Å². The van der Waals surface area contributed by atoms with Crippen LogP contribution in [0.3, 0.4) is 0 Å². The van der Waals surface area contributed by atoms with Crippen molar-refractivity contribution in [3.8, 4) is 0 Å². The molecular formula is C10H18N4O2. The molecule has 0 radical (unpaired) electrons. The lowest BCUT2D eigenvalue weighted by Crippen LogP contribution is -2.48. The van der Waals surface area contributed by atoms with Gasteiger partial charge in [0.15, 0.2) is 5.82 Å². The first-order valence-electron chi connectivity index (χ1n) is 5.13. The molecule has 3 N–H and O–H groups in total. The number of hydrogen-bond acceptors (Lipinski definition) is 5. The second-order valence-corrected chi connectivity index (χ2v) is 4.80. The molecule has 16 heavy (non-hydrogen) atoms. The molecule has 1 aromatic heterocycles. The summed E-state index contributed by atoms with van der Waals surface area (Å²) in [7, 11) is 0. The van der Waals surface area contributed by atoms with E-state index in [0.29, 0.717) is 11.7 Å². The average Bonchev–Trinajstić information content (AvgIpc) is 2.58. The first kappa shape index (κ1) is 12.6. The Morgan fingerprint density at radius 2 is 2.19 bits per heavy atom. The van der Waals surface area contributed by atoms with E-state index < -0.39 is 6.04 Å². The molecule has 0 spiro atoms. The quantitative estimate of drug-likeness (QED) is 0.776. The predicted octanol–water partition coefficient (Wildman–Crippen LogP) is 0.368. The van der Waals surface area contributed by atoms with Crippen LogP contribution in [0.25, 0.3) is 0 Å². The molecule has 0 aliphatic carbocycles. The van der Waals surface area contributed by atoms with Crippen molar-refractivity contribution in [3.63, 3.8) is 0 Å². The highest BCUT2D eigenvalue weighted by Crippen LogP contribution is 2.17. The van der Waals surface area contributed by atoms with E-state index in [-0.39, 0.29) is 17.9 Å². The van der Waals surface area contributed by atoms with Gasteiger partial charge in [-0.15, -0.1) is 0 Å². The number of aryl methyl sites for hydroxylation is 1. The highest BCUT2D eigenvalue weighted by molar-refractivity contribution is 5.82. The average molecular weight is 226 g/mol. The number of amides is 1. The van der Waals surface area contributed by atoms with E-state index in [9.17, 15) is 4.79 Å². The molecule has 1 aromatic rings. The zero-order chi connectivity index (χ0) is 12.3. The molecule has 1 amide bonds. The molecule has 6 heteroatoms. The fraction of sp³-hybridized carbons (Fsp3) is 0.700. The molecule has 6 nitrogen and oxygen atoms in total. The third-order valence-electron chi connectivity index (χ3n) is 2.20. The molecule has 1 atom stereocenters. The van der Waals surface area contributed by atoms with Crippen molar-refractivity contribution in [1.82, 2.24) is 15.5 Å². The number of nitrogens with one attached hydrogen (secondary N) is 1. The van der Waals surface area contributed by atoms with Crippen molar-refractivity contribution in [2.24, 2.45) is 11.1 Å². The normalized spacial score (nSPS) is 13.6. The zero-order valence-electron chi connectivity index (χ0n) is 10.1. The van der Waals surface area contributed by atoms with Gasteiger partial charge in [-0.25, -0.2) is 0 Å². The van der Waals surface area contributed by atoms with Crippen molar-refractivity contribution in [2.45, 2.75) is 40.3 Å². The smallest absolute Gasteiger partial charge is 0.246 e. The van der Waals surface area contributed by atoms with Gasteiger partial charge in [0.25, 0.3) is 0 Å². The van der Waals surface area contributed by atoms with Gasteiger partial charge >= 0.3 is 0 Å². The van der Waals surface area contributed by atoms with Gasteiger partial charge in [-0.3, -0.25) is 4.79 Å². The van der Waals surface area contributed by atoms with Crippen LogP contribution in [0.4, 0.5) is 0 Å². The molecule has 90 valence electrons. The Labute approximate surface area is 94.6 Å². The Morgan fingerprint density at radius 1 is 1.56 bits per heavy atom. The minimum Gasteiger partial charge on any atom is -0.346 e. The Hall–Kier alpha value is -1.43. The fourth-order valence-corrected chi connectivity index (χ4v) is 1.08. The van der Waals surface area contributed by atoms with Crippen LogP contribution in [0.2, 0.25) is 0 Å². The molecule has 0 aliphatic rings. The van der Waals surface area contributed by atoms with Crippen molar-refractivity contribution < 1.29 is 9.32 Å². The van der Waals surface area contributed by atoms with Crippen molar-refractivity contribution in [3.05, 3.63) is 11.7 Å². The van der Waals surface area contributed by atoms with Gasteiger partial charge in [0.2, 0.25) is 11.8 Å². The third kappa shape index (κ3) is 3.30. The second kappa shape index (κ2) is 4.61. The predicted molar refractivity (Wildman–Crippen MR) is 58.3 cm³/mol. The lowest BCUT2D eigenvalue weighted by Gasteiger charge is -2.25. The molecular weight excluding hydrogens is 208 g/mol. The van der Waals surface area contributed by atoms with E-state index in [1.54, 1.807) is 6.92 Å². The van der Waals surface area contributed by atoms with Gasteiger partial charge in [-0.2, -0.15) is 4.98 Å². The molecule has 0 aromatic carbocycles. The summed E-state index contributed by atoms with van der Waals surface area (Å²) in [6.45, 7) is 7.66. The van der Waals surface area contributed by atoms with E-state index in [2.05, 4.69) is 15.5 Å². The molecule has 0 saturated heterocycles. The maximum atomic E-state index is 11.6. The number of rotatable bonds is 3. The molecule has 0 bridgehead atoms. The Morgan fingerprint density at radius 3 is 2.62 bits per heavy atom. The van der Waals surface area contributed by atoms with Crippen LogP contribution in [-0.4, -0.2) is 22.1 Å². The summed E-state index contributed by atoms with van der Waals surface area (Å²) >= 11 is 0. The molecule has 0 aliphatic heterocycles.